The average molecular weight is 483 g/mol. The Labute approximate surface area is 178 Å². The fourth-order valence-electron chi connectivity index (χ4n) is 1.91. The topological polar surface area (TPSA) is 106 Å². The molecule has 0 saturated heterocycles. The molecule has 0 unspecified atom stereocenters. The summed E-state index contributed by atoms with van der Waals surface area (Å²) in [6, 6.07) is 2.07. The monoisotopic (exact) mass is 483 g/mol. The number of hydrogen-bond acceptors (Lipinski definition) is 6. The molecule has 2 aromatic heterocycles. The van der Waals surface area contributed by atoms with Crippen LogP contribution in [0.25, 0.3) is 0 Å². The zero-order valence-corrected chi connectivity index (χ0v) is 15.7. The van der Waals surface area contributed by atoms with E-state index in [0.29, 0.717) is 6.33 Å². The third kappa shape index (κ3) is 7.55. The van der Waals surface area contributed by atoms with Gasteiger partial charge in [0.05, 0.1) is 0 Å². The van der Waals surface area contributed by atoms with Gasteiger partial charge in [-0.3, -0.25) is 9.59 Å². The molecule has 16 heteroatoms. The Morgan fingerprint density at radius 2 is 1.61 bits per heavy atom. The van der Waals surface area contributed by atoms with E-state index in [2.05, 4.69) is 31.5 Å². The number of nitrogens with one attached hydrogen (secondary N) is 2. The summed E-state index contributed by atoms with van der Waals surface area (Å²) in [6.45, 7) is -1.27. The van der Waals surface area contributed by atoms with Crippen LogP contribution in [0.1, 0.15) is 11.3 Å². The van der Waals surface area contributed by atoms with Crippen molar-refractivity contribution in [2.45, 2.75) is 18.8 Å². The molecule has 0 aliphatic carbocycles. The van der Waals surface area contributed by atoms with E-state index in [9.17, 15) is 44.7 Å². The number of carbonyl (C=O) groups is 2. The van der Waals surface area contributed by atoms with Gasteiger partial charge in [0.15, 0.2) is 6.61 Å². The molecule has 2 amide bonds. The van der Waals surface area contributed by atoms with Crippen LogP contribution in [0.3, 0.4) is 0 Å². The summed E-state index contributed by atoms with van der Waals surface area (Å²) in [5.41, 5.74) is -1.54. The Balaban J connectivity index is 2.40. The molecule has 0 radical (unpaired) electrons. The van der Waals surface area contributed by atoms with E-state index in [4.69, 9.17) is 0 Å². The molecule has 2 N–H and O–H groups in total. The van der Waals surface area contributed by atoms with Gasteiger partial charge in [-0.25, -0.2) is 18.7 Å². The minimum atomic E-state index is -5.36. The largest absolute Gasteiger partial charge is 0.471 e. The van der Waals surface area contributed by atoms with Crippen LogP contribution < -0.4 is 15.4 Å². The molecule has 0 bridgehead atoms. The molecule has 0 aliphatic rings. The Morgan fingerprint density at radius 1 is 0.970 bits per heavy atom. The number of pyridine rings is 1. The van der Waals surface area contributed by atoms with Crippen molar-refractivity contribution in [1.29, 1.82) is 0 Å². The van der Waals surface area contributed by atoms with Crippen molar-refractivity contribution in [3.05, 3.63) is 35.9 Å². The number of ether oxygens (including phenoxy) is 1. The molecule has 2 heterocycles. The van der Waals surface area contributed by atoms with E-state index in [1.165, 1.54) is 16.7 Å². The van der Waals surface area contributed by atoms with Crippen molar-refractivity contribution >= 4 is 23.3 Å². The lowest BCUT2D eigenvalue weighted by Gasteiger charge is -2.13. The number of alkyl halides is 8. The first-order chi connectivity index (χ1) is 15.3. The molecule has 176 valence electrons. The van der Waals surface area contributed by atoms with Gasteiger partial charge in [-0.1, -0.05) is 5.92 Å². The van der Waals surface area contributed by atoms with Gasteiger partial charge >= 0.3 is 24.2 Å². The fraction of sp³-hybridized carbons (Fsp3) is 0.235. The number of nitrogens with zero attached hydrogens (tertiary/aromatic N) is 3. The van der Waals surface area contributed by atoms with Crippen LogP contribution in [0.15, 0.2) is 24.7 Å². The van der Waals surface area contributed by atoms with Crippen molar-refractivity contribution in [2.24, 2.45) is 0 Å². The zero-order valence-electron chi connectivity index (χ0n) is 15.7. The van der Waals surface area contributed by atoms with E-state index in [1.54, 1.807) is 0 Å². The number of anilines is 2. The first kappa shape index (κ1) is 25.2. The molecular weight excluding hydrogens is 474 g/mol. The molecule has 0 aliphatic heterocycles. The predicted octanol–water partition coefficient (Wildman–Crippen LogP) is 2.92. The normalized spacial score (nSPS) is 11.4. The second-order valence-electron chi connectivity index (χ2n) is 5.69. The minimum Gasteiger partial charge on any atom is -0.470 e. The number of hydrogen-bond donors (Lipinski definition) is 2. The maximum atomic E-state index is 12.6. The van der Waals surface area contributed by atoms with E-state index in [1.807, 2.05) is 0 Å². The van der Waals surface area contributed by atoms with Crippen LogP contribution in [0.4, 0.5) is 46.6 Å². The highest BCUT2D eigenvalue weighted by atomic mass is 19.4. The maximum absolute atomic E-state index is 12.6. The van der Waals surface area contributed by atoms with E-state index >= 15 is 0 Å². The van der Waals surface area contributed by atoms with Crippen molar-refractivity contribution in [3.8, 4) is 17.7 Å². The van der Waals surface area contributed by atoms with Gasteiger partial charge < -0.3 is 15.4 Å². The maximum Gasteiger partial charge on any atom is 0.471 e. The third-order valence-electron chi connectivity index (χ3n) is 3.24. The van der Waals surface area contributed by atoms with Crippen molar-refractivity contribution in [3.63, 3.8) is 0 Å². The number of aromatic nitrogens is 3. The smallest absolute Gasteiger partial charge is 0.470 e. The summed E-state index contributed by atoms with van der Waals surface area (Å²) in [5.74, 6) is -1.66. The first-order valence-electron chi connectivity index (χ1n) is 8.27. The number of carbonyl (C=O) groups excluding carboxylic acids is 2. The Morgan fingerprint density at radius 3 is 2.21 bits per heavy atom. The third-order valence-corrected chi connectivity index (χ3v) is 3.24. The summed E-state index contributed by atoms with van der Waals surface area (Å²) < 4.78 is 104. The van der Waals surface area contributed by atoms with Crippen LogP contribution in [0, 0.1) is 11.8 Å². The number of halogens is 8. The number of amides is 2. The summed E-state index contributed by atoms with van der Waals surface area (Å²) in [6.07, 6.45) is -11.9. The second-order valence-corrected chi connectivity index (χ2v) is 5.69. The Hall–Kier alpha value is -4.03. The summed E-state index contributed by atoms with van der Waals surface area (Å²) in [7, 11) is 0. The highest BCUT2D eigenvalue weighted by Crippen LogP contribution is 2.27. The molecule has 2 rings (SSSR count). The Kier molecular flexibility index (Phi) is 7.69. The summed E-state index contributed by atoms with van der Waals surface area (Å²) >= 11 is 0. The number of rotatable bonds is 5. The van der Waals surface area contributed by atoms with E-state index in [0.717, 1.165) is 12.3 Å². The lowest BCUT2D eigenvalue weighted by molar-refractivity contribution is -0.167. The predicted molar refractivity (Wildman–Crippen MR) is 93.1 cm³/mol. The molecule has 2 aromatic rings. The van der Waals surface area contributed by atoms with Crippen molar-refractivity contribution in [2.75, 3.05) is 17.2 Å². The summed E-state index contributed by atoms with van der Waals surface area (Å²) in [4.78, 5) is 32.7. The molecule has 0 atom stereocenters. The second kappa shape index (κ2) is 10.1. The Bertz CT molecular complexity index is 1090. The van der Waals surface area contributed by atoms with Crippen LogP contribution >= 0.6 is 0 Å². The molecule has 0 fully saturated rings. The quantitative estimate of drug-likeness (QED) is 0.501. The van der Waals surface area contributed by atoms with Crippen LogP contribution in [0.5, 0.6) is 5.88 Å². The lowest BCUT2D eigenvalue weighted by Crippen LogP contribution is -2.30. The minimum absolute atomic E-state index is 0.0794. The van der Waals surface area contributed by atoms with Gasteiger partial charge in [-0.05, 0) is 18.1 Å². The van der Waals surface area contributed by atoms with Crippen molar-refractivity contribution < 1.29 is 49.4 Å². The van der Waals surface area contributed by atoms with Gasteiger partial charge in [0, 0.05) is 11.8 Å². The fourth-order valence-corrected chi connectivity index (χ4v) is 1.91. The van der Waals surface area contributed by atoms with Crippen LogP contribution in [-0.4, -0.2) is 52.2 Å². The summed E-state index contributed by atoms with van der Waals surface area (Å²) in [5, 5.41) is 2.85. The van der Waals surface area contributed by atoms with Crippen LogP contribution in [0.2, 0.25) is 0 Å². The molecule has 0 aromatic carbocycles. The molecule has 0 saturated carbocycles. The van der Waals surface area contributed by atoms with Crippen molar-refractivity contribution in [1.82, 2.24) is 15.0 Å². The van der Waals surface area contributed by atoms with Gasteiger partial charge in [-0.2, -0.15) is 31.3 Å². The average Bonchev–Trinajstić information content (AvgIpc) is 2.70. The first-order valence-corrected chi connectivity index (χ1v) is 8.27. The standard InChI is InChI=1S/C17H9F8N5O3/c18-10(19)6-33-13-12(30-15(32)17(23,24)25)9(27-7-28-13)2-1-8-3-4-26-11(5-8)29-14(31)16(20,21)22/h3-5,7,10H,6H2,(H,30,32)(H,26,29,31). The van der Waals surface area contributed by atoms with Gasteiger partial charge in [0.1, 0.15) is 23.5 Å². The van der Waals surface area contributed by atoms with E-state index < -0.39 is 60.3 Å². The molecule has 0 spiro atoms. The molecule has 33 heavy (non-hydrogen) atoms. The highest BCUT2D eigenvalue weighted by molar-refractivity contribution is 5.97. The highest BCUT2D eigenvalue weighted by Gasteiger charge is 2.40. The molecular formula is C17H9F8N5O3. The van der Waals surface area contributed by atoms with Crippen LogP contribution in [-0.2, 0) is 9.59 Å². The van der Waals surface area contributed by atoms with Gasteiger partial charge in [0.2, 0.25) is 5.88 Å². The van der Waals surface area contributed by atoms with Gasteiger partial charge in [-0.15, -0.1) is 0 Å². The molecule has 8 nitrogen and oxygen atoms in total. The van der Waals surface area contributed by atoms with Gasteiger partial charge in [0.25, 0.3) is 6.43 Å². The SMILES string of the molecule is O=C(Nc1cc(C#Cc2ncnc(OCC(F)F)c2NC(=O)C(F)(F)F)ccn1)C(F)(F)F. The lowest BCUT2D eigenvalue weighted by atomic mass is 10.2. The van der Waals surface area contributed by atoms with E-state index in [-0.39, 0.29) is 5.56 Å². The zero-order chi connectivity index (χ0) is 24.8.